The van der Waals surface area contributed by atoms with Gasteiger partial charge in [-0.15, -0.1) is 0 Å². The lowest BCUT2D eigenvalue weighted by molar-refractivity contribution is -0.123. The standard InChI is InChI=1S/C21H24N6O4/c1-11-3-2-4-13(9-11)23-19(30)14-10-15(28)24-18-16(14)20(31)26-21(25-18)27-7-5-12(6-8-27)17(22)29/h2-4,9,12,14H,5-8,10H2,1H3,(H2,22,29)(H,23,30)(H2,24,25,26,28,31). The highest BCUT2D eigenvalue weighted by Gasteiger charge is 2.35. The van der Waals surface area contributed by atoms with Crippen molar-refractivity contribution in [2.75, 3.05) is 28.6 Å². The molecule has 1 saturated heterocycles. The molecular weight excluding hydrogens is 400 g/mol. The van der Waals surface area contributed by atoms with Gasteiger partial charge in [-0.05, 0) is 37.5 Å². The van der Waals surface area contributed by atoms with Crippen LogP contribution in [0, 0.1) is 12.8 Å². The normalized spacial score (nSPS) is 18.8. The average Bonchev–Trinajstić information content (AvgIpc) is 2.72. The predicted octanol–water partition coefficient (Wildman–Crippen LogP) is 0.845. The summed E-state index contributed by atoms with van der Waals surface area (Å²) in [6, 6.07) is 7.27. The molecule has 162 valence electrons. The van der Waals surface area contributed by atoms with Crippen molar-refractivity contribution in [3.05, 3.63) is 45.7 Å². The first kappa shape index (κ1) is 20.6. The van der Waals surface area contributed by atoms with Crippen LogP contribution in [0.4, 0.5) is 17.5 Å². The molecule has 1 unspecified atom stereocenters. The summed E-state index contributed by atoms with van der Waals surface area (Å²) in [7, 11) is 0. The van der Waals surface area contributed by atoms with Crippen LogP contribution in [0.1, 0.15) is 36.3 Å². The van der Waals surface area contributed by atoms with Gasteiger partial charge in [-0.2, -0.15) is 4.98 Å². The summed E-state index contributed by atoms with van der Waals surface area (Å²) in [5, 5.41) is 5.40. The van der Waals surface area contributed by atoms with Gasteiger partial charge in [-0.1, -0.05) is 12.1 Å². The summed E-state index contributed by atoms with van der Waals surface area (Å²) in [5.41, 5.74) is 6.61. The van der Waals surface area contributed by atoms with Gasteiger partial charge in [0.05, 0.1) is 11.5 Å². The summed E-state index contributed by atoms with van der Waals surface area (Å²) >= 11 is 0. The molecule has 1 fully saturated rings. The first-order valence-corrected chi connectivity index (χ1v) is 10.2. The van der Waals surface area contributed by atoms with E-state index in [-0.39, 0.29) is 35.5 Å². The van der Waals surface area contributed by atoms with E-state index in [1.807, 2.05) is 30.0 Å². The molecule has 2 aliphatic rings. The minimum atomic E-state index is -0.949. The quantitative estimate of drug-likeness (QED) is 0.571. The summed E-state index contributed by atoms with van der Waals surface area (Å²) in [6.07, 6.45) is 0.979. The molecule has 3 heterocycles. The number of anilines is 3. The number of amides is 3. The third-order valence-corrected chi connectivity index (χ3v) is 5.74. The minimum Gasteiger partial charge on any atom is -0.369 e. The van der Waals surface area contributed by atoms with E-state index in [2.05, 4.69) is 20.6 Å². The van der Waals surface area contributed by atoms with E-state index in [1.54, 1.807) is 6.07 Å². The predicted molar refractivity (Wildman–Crippen MR) is 115 cm³/mol. The van der Waals surface area contributed by atoms with Crippen LogP contribution < -0.4 is 26.8 Å². The fourth-order valence-electron chi connectivity index (χ4n) is 4.06. The lowest BCUT2D eigenvalue weighted by Crippen LogP contribution is -2.41. The van der Waals surface area contributed by atoms with Crippen molar-refractivity contribution in [1.82, 2.24) is 9.97 Å². The number of aromatic nitrogens is 2. The Morgan fingerprint density at radius 1 is 1.23 bits per heavy atom. The van der Waals surface area contributed by atoms with Crippen molar-refractivity contribution in [2.45, 2.75) is 32.1 Å². The third kappa shape index (κ3) is 4.27. The van der Waals surface area contributed by atoms with Crippen molar-refractivity contribution in [1.29, 1.82) is 0 Å². The number of carbonyl (C=O) groups is 3. The zero-order valence-electron chi connectivity index (χ0n) is 17.1. The zero-order chi connectivity index (χ0) is 22.1. The number of rotatable bonds is 4. The largest absolute Gasteiger partial charge is 0.369 e. The van der Waals surface area contributed by atoms with Gasteiger partial charge in [0.15, 0.2) is 0 Å². The van der Waals surface area contributed by atoms with E-state index >= 15 is 0 Å². The molecule has 2 aromatic rings. The van der Waals surface area contributed by atoms with Gasteiger partial charge in [-0.3, -0.25) is 24.2 Å². The van der Waals surface area contributed by atoms with E-state index in [0.29, 0.717) is 37.6 Å². The maximum Gasteiger partial charge on any atom is 0.258 e. The number of benzene rings is 1. The number of carbonyl (C=O) groups excluding carboxylic acids is 3. The zero-order valence-corrected chi connectivity index (χ0v) is 17.1. The molecule has 0 aliphatic carbocycles. The first-order valence-electron chi connectivity index (χ1n) is 10.2. The number of piperidine rings is 1. The maximum absolute atomic E-state index is 12.9. The fraction of sp³-hybridized carbons (Fsp3) is 0.381. The van der Waals surface area contributed by atoms with Crippen LogP contribution in [0.15, 0.2) is 29.1 Å². The molecular formula is C21H24N6O4. The van der Waals surface area contributed by atoms with Crippen LogP contribution in [0.5, 0.6) is 0 Å². The molecule has 0 spiro atoms. The number of hydrogen-bond acceptors (Lipinski definition) is 6. The number of aryl methyl sites for hydroxylation is 1. The Morgan fingerprint density at radius 2 is 1.97 bits per heavy atom. The second-order valence-electron chi connectivity index (χ2n) is 7.98. The Labute approximate surface area is 178 Å². The molecule has 0 saturated carbocycles. The molecule has 1 aromatic carbocycles. The van der Waals surface area contributed by atoms with Crippen LogP contribution in [-0.4, -0.2) is 40.8 Å². The van der Waals surface area contributed by atoms with Crippen LogP contribution in [0.25, 0.3) is 0 Å². The monoisotopic (exact) mass is 424 g/mol. The Kier molecular flexibility index (Phi) is 5.45. The molecule has 0 radical (unpaired) electrons. The lowest BCUT2D eigenvalue weighted by Gasteiger charge is -2.32. The molecule has 0 bridgehead atoms. The van der Waals surface area contributed by atoms with Crippen LogP contribution >= 0.6 is 0 Å². The van der Waals surface area contributed by atoms with Crippen molar-refractivity contribution in [3.8, 4) is 0 Å². The Balaban J connectivity index is 1.59. The minimum absolute atomic E-state index is 0.0939. The second-order valence-corrected chi connectivity index (χ2v) is 7.98. The van der Waals surface area contributed by atoms with Crippen LogP contribution in [0.2, 0.25) is 0 Å². The molecule has 4 rings (SSSR count). The molecule has 5 N–H and O–H groups in total. The van der Waals surface area contributed by atoms with Gasteiger partial charge in [0.2, 0.25) is 23.7 Å². The summed E-state index contributed by atoms with van der Waals surface area (Å²) < 4.78 is 0. The number of aromatic amines is 1. The van der Waals surface area contributed by atoms with Crippen molar-refractivity contribution in [2.24, 2.45) is 11.7 Å². The van der Waals surface area contributed by atoms with Crippen molar-refractivity contribution < 1.29 is 14.4 Å². The molecule has 10 heteroatoms. The number of nitrogens with one attached hydrogen (secondary N) is 3. The number of primary amides is 1. The van der Waals surface area contributed by atoms with E-state index in [1.165, 1.54) is 0 Å². The molecule has 3 amide bonds. The Morgan fingerprint density at radius 3 is 2.65 bits per heavy atom. The highest BCUT2D eigenvalue weighted by atomic mass is 16.2. The first-order chi connectivity index (χ1) is 14.8. The van der Waals surface area contributed by atoms with Gasteiger partial charge in [0.25, 0.3) is 5.56 Å². The van der Waals surface area contributed by atoms with Crippen molar-refractivity contribution in [3.63, 3.8) is 0 Å². The number of nitrogens with two attached hydrogens (primary N) is 1. The van der Waals surface area contributed by atoms with E-state index < -0.39 is 17.4 Å². The summed E-state index contributed by atoms with van der Waals surface area (Å²) in [6.45, 7) is 2.91. The molecule has 1 atom stereocenters. The van der Waals surface area contributed by atoms with E-state index in [9.17, 15) is 19.2 Å². The van der Waals surface area contributed by atoms with Gasteiger partial charge in [0, 0.05) is 31.1 Å². The highest BCUT2D eigenvalue weighted by molar-refractivity contribution is 6.04. The third-order valence-electron chi connectivity index (χ3n) is 5.74. The SMILES string of the molecule is Cc1cccc(NC(=O)C2CC(=O)Nc3nc(N4CCC(C(N)=O)CC4)[nH]c(=O)c32)c1. The smallest absolute Gasteiger partial charge is 0.258 e. The molecule has 10 nitrogen and oxygen atoms in total. The van der Waals surface area contributed by atoms with Crippen LogP contribution in [0.3, 0.4) is 0 Å². The van der Waals surface area contributed by atoms with Gasteiger partial charge >= 0.3 is 0 Å². The summed E-state index contributed by atoms with van der Waals surface area (Å²) in [4.78, 5) is 58.4. The van der Waals surface area contributed by atoms with E-state index in [4.69, 9.17) is 5.73 Å². The summed E-state index contributed by atoms with van der Waals surface area (Å²) in [5.74, 6) is -1.91. The highest BCUT2D eigenvalue weighted by Crippen LogP contribution is 2.31. The Bertz CT molecular complexity index is 1100. The number of H-pyrrole nitrogens is 1. The Hall–Kier alpha value is -3.69. The van der Waals surface area contributed by atoms with Crippen LogP contribution in [-0.2, 0) is 14.4 Å². The molecule has 31 heavy (non-hydrogen) atoms. The molecule has 1 aromatic heterocycles. The fourth-order valence-corrected chi connectivity index (χ4v) is 4.06. The van der Waals surface area contributed by atoms with Gasteiger partial charge < -0.3 is 21.3 Å². The number of hydrogen-bond donors (Lipinski definition) is 4. The topological polar surface area (TPSA) is 150 Å². The molecule has 2 aliphatic heterocycles. The number of fused-ring (bicyclic) bond motifs is 1. The van der Waals surface area contributed by atoms with Crippen molar-refractivity contribution >= 4 is 35.2 Å². The maximum atomic E-state index is 12.9. The van der Waals surface area contributed by atoms with Gasteiger partial charge in [0.1, 0.15) is 5.82 Å². The van der Waals surface area contributed by atoms with E-state index in [0.717, 1.165) is 5.56 Å². The second kappa shape index (κ2) is 8.21. The number of nitrogens with zero attached hydrogens (tertiary/aromatic N) is 2. The van der Waals surface area contributed by atoms with Gasteiger partial charge in [-0.25, -0.2) is 0 Å². The average molecular weight is 424 g/mol. The lowest BCUT2D eigenvalue weighted by atomic mass is 9.92.